The average Bonchev–Trinajstić information content (AvgIpc) is 3.10. The first-order valence-electron chi connectivity index (χ1n) is 8.99. The van der Waals surface area contributed by atoms with E-state index in [9.17, 15) is 9.59 Å². The van der Waals surface area contributed by atoms with Gasteiger partial charge in [-0.1, -0.05) is 42.0 Å². The largest absolute Gasteiger partial charge is 0.459 e. The molecule has 5 heteroatoms. The van der Waals surface area contributed by atoms with Gasteiger partial charge in [0.25, 0.3) is 5.91 Å². The fourth-order valence-corrected chi connectivity index (χ4v) is 3.23. The third kappa shape index (κ3) is 4.42. The highest BCUT2D eigenvalue weighted by molar-refractivity contribution is 5.95. The van der Waals surface area contributed by atoms with Crippen LogP contribution in [0, 0.1) is 0 Å². The number of hydrogen-bond donors (Lipinski definition) is 1. The van der Waals surface area contributed by atoms with E-state index >= 15 is 0 Å². The highest BCUT2D eigenvalue weighted by Crippen LogP contribution is 2.19. The Bertz CT molecular complexity index is 766. The molecule has 1 aliphatic heterocycles. The predicted octanol–water partition coefficient (Wildman–Crippen LogP) is 3.49. The van der Waals surface area contributed by atoms with E-state index in [1.54, 1.807) is 17.0 Å². The normalized spacial score (nSPS) is 18.1. The van der Waals surface area contributed by atoms with Gasteiger partial charge in [-0.25, -0.2) is 0 Å². The second kappa shape index (κ2) is 8.52. The lowest BCUT2D eigenvalue weighted by Gasteiger charge is -2.29. The van der Waals surface area contributed by atoms with E-state index in [2.05, 4.69) is 5.32 Å². The molecule has 0 radical (unpaired) electrons. The van der Waals surface area contributed by atoms with Gasteiger partial charge in [-0.3, -0.25) is 9.59 Å². The van der Waals surface area contributed by atoms with Gasteiger partial charge in [0.15, 0.2) is 5.76 Å². The number of hydrogen-bond acceptors (Lipinski definition) is 3. The number of nitrogens with zero attached hydrogens (tertiary/aromatic N) is 1. The maximum Gasteiger partial charge on any atom is 0.290 e. The first kappa shape index (κ1) is 18.0. The van der Waals surface area contributed by atoms with Crippen LogP contribution in [-0.4, -0.2) is 35.8 Å². The summed E-state index contributed by atoms with van der Waals surface area (Å²) in [6.45, 7) is 3.02. The summed E-state index contributed by atoms with van der Waals surface area (Å²) in [5.74, 6) is -0.0812. The van der Waals surface area contributed by atoms with Crippen LogP contribution in [-0.2, 0) is 4.79 Å². The molecule has 0 saturated carbocycles. The fourth-order valence-electron chi connectivity index (χ4n) is 3.23. The van der Waals surface area contributed by atoms with Gasteiger partial charge in [0.05, 0.1) is 6.26 Å². The molecule has 1 aliphatic rings. The molecule has 1 N–H and O–H groups in total. The molecule has 1 saturated heterocycles. The van der Waals surface area contributed by atoms with Crippen LogP contribution in [0.4, 0.5) is 0 Å². The van der Waals surface area contributed by atoms with Crippen molar-refractivity contribution in [3.05, 3.63) is 65.6 Å². The van der Waals surface area contributed by atoms with Crippen LogP contribution in [0.2, 0.25) is 0 Å². The Labute approximate surface area is 153 Å². The quantitative estimate of drug-likeness (QED) is 0.896. The molecule has 136 valence electrons. The van der Waals surface area contributed by atoms with E-state index < -0.39 is 6.04 Å². The third-order valence-electron chi connectivity index (χ3n) is 4.51. The lowest BCUT2D eigenvalue weighted by atomic mass is 10.1. The van der Waals surface area contributed by atoms with Crippen molar-refractivity contribution >= 4 is 17.9 Å². The third-order valence-corrected chi connectivity index (χ3v) is 4.51. The molecule has 2 heterocycles. The summed E-state index contributed by atoms with van der Waals surface area (Å²) in [6.07, 6.45) is 6.02. The van der Waals surface area contributed by atoms with Gasteiger partial charge in [-0.05, 0) is 43.9 Å². The lowest BCUT2D eigenvalue weighted by Crippen LogP contribution is -2.49. The van der Waals surface area contributed by atoms with E-state index in [-0.39, 0.29) is 17.6 Å². The highest BCUT2D eigenvalue weighted by Gasteiger charge is 2.32. The number of benzene rings is 1. The fraction of sp³-hybridized carbons (Fsp3) is 0.333. The van der Waals surface area contributed by atoms with Crippen LogP contribution in [0.15, 0.2) is 58.7 Å². The molecule has 5 nitrogen and oxygen atoms in total. The maximum atomic E-state index is 13.0. The molecule has 3 rings (SSSR count). The molecule has 2 aromatic rings. The van der Waals surface area contributed by atoms with E-state index in [0.29, 0.717) is 19.5 Å². The first-order valence-corrected chi connectivity index (χ1v) is 8.99. The van der Waals surface area contributed by atoms with Crippen LogP contribution in [0.25, 0.3) is 6.08 Å². The van der Waals surface area contributed by atoms with Crippen molar-refractivity contribution in [2.45, 2.75) is 32.2 Å². The molecule has 2 amide bonds. The van der Waals surface area contributed by atoms with Gasteiger partial charge in [-0.15, -0.1) is 0 Å². The van der Waals surface area contributed by atoms with Gasteiger partial charge in [0, 0.05) is 13.1 Å². The Hall–Kier alpha value is -2.82. The summed E-state index contributed by atoms with van der Waals surface area (Å²) in [7, 11) is 0. The molecule has 0 aliphatic carbocycles. The highest BCUT2D eigenvalue weighted by atomic mass is 16.3. The monoisotopic (exact) mass is 352 g/mol. The smallest absolute Gasteiger partial charge is 0.290 e. The Balaban J connectivity index is 1.86. The molecule has 1 unspecified atom stereocenters. The molecule has 0 bridgehead atoms. The van der Waals surface area contributed by atoms with Crippen LogP contribution in [0.5, 0.6) is 0 Å². The summed E-state index contributed by atoms with van der Waals surface area (Å²) >= 11 is 0. The van der Waals surface area contributed by atoms with Crippen molar-refractivity contribution in [3.63, 3.8) is 0 Å². The van der Waals surface area contributed by atoms with Gasteiger partial charge in [0.1, 0.15) is 6.04 Å². The van der Waals surface area contributed by atoms with Gasteiger partial charge < -0.3 is 14.6 Å². The zero-order chi connectivity index (χ0) is 18.4. The van der Waals surface area contributed by atoms with Crippen LogP contribution in [0.3, 0.4) is 0 Å². The van der Waals surface area contributed by atoms with Crippen LogP contribution < -0.4 is 5.32 Å². The van der Waals surface area contributed by atoms with Crippen molar-refractivity contribution in [3.8, 4) is 0 Å². The second-order valence-electron chi connectivity index (χ2n) is 6.61. The number of nitrogens with one attached hydrogen (secondary N) is 1. The number of furan rings is 1. The van der Waals surface area contributed by atoms with Gasteiger partial charge in [0.2, 0.25) is 5.91 Å². The molecular formula is C21H24N2O3. The lowest BCUT2D eigenvalue weighted by molar-refractivity contribution is -0.125. The first-order chi connectivity index (χ1) is 12.6. The topological polar surface area (TPSA) is 62.6 Å². The zero-order valence-electron chi connectivity index (χ0n) is 15.0. The minimum Gasteiger partial charge on any atom is -0.459 e. The molecule has 1 fully saturated rings. The molecular weight excluding hydrogens is 328 g/mol. The minimum atomic E-state index is -0.478. The van der Waals surface area contributed by atoms with Crippen LogP contribution >= 0.6 is 0 Å². The molecule has 0 spiro atoms. The molecule has 1 atom stereocenters. The number of carbonyl (C=O) groups excluding carboxylic acids is 2. The van der Waals surface area contributed by atoms with Crippen LogP contribution in [0.1, 0.15) is 42.3 Å². The molecule has 1 aromatic carbocycles. The number of amides is 2. The van der Waals surface area contributed by atoms with Crippen molar-refractivity contribution in [2.75, 3.05) is 13.1 Å². The van der Waals surface area contributed by atoms with E-state index in [1.807, 2.05) is 43.3 Å². The molecule has 1 aromatic heterocycles. The Morgan fingerprint density at radius 1 is 1.23 bits per heavy atom. The van der Waals surface area contributed by atoms with Gasteiger partial charge in [-0.2, -0.15) is 0 Å². The van der Waals surface area contributed by atoms with Gasteiger partial charge >= 0.3 is 0 Å². The summed E-state index contributed by atoms with van der Waals surface area (Å²) < 4.78 is 5.29. The van der Waals surface area contributed by atoms with Crippen molar-refractivity contribution in [2.24, 2.45) is 0 Å². The Morgan fingerprint density at radius 3 is 2.77 bits per heavy atom. The number of rotatable bonds is 5. The summed E-state index contributed by atoms with van der Waals surface area (Å²) in [6, 6.07) is 12.8. The zero-order valence-corrected chi connectivity index (χ0v) is 15.0. The average molecular weight is 352 g/mol. The van der Waals surface area contributed by atoms with Crippen molar-refractivity contribution in [1.82, 2.24) is 10.2 Å². The number of carbonyl (C=O) groups is 2. The van der Waals surface area contributed by atoms with Crippen molar-refractivity contribution in [1.29, 1.82) is 0 Å². The maximum absolute atomic E-state index is 13.0. The Kier molecular flexibility index (Phi) is 5.89. The van der Waals surface area contributed by atoms with E-state index in [1.165, 1.54) is 6.26 Å². The summed E-state index contributed by atoms with van der Waals surface area (Å²) in [5, 5.41) is 2.92. The summed E-state index contributed by atoms with van der Waals surface area (Å²) in [4.78, 5) is 27.1. The second-order valence-corrected chi connectivity index (χ2v) is 6.61. The standard InChI is InChI=1S/C21H24N2O3/c1-16(14-17-8-3-2-4-9-17)15-23(21(25)19-11-7-13-26-19)18-10-5-6-12-22-20(18)24/h2-4,7-9,11,13-14,18H,5-6,10,12,15H2,1H3,(H,22,24)/b16-14-. The Morgan fingerprint density at radius 2 is 2.04 bits per heavy atom. The molecule has 26 heavy (non-hydrogen) atoms. The van der Waals surface area contributed by atoms with E-state index in [4.69, 9.17) is 4.42 Å². The SMILES string of the molecule is C/C(=C/c1ccccc1)CN(C(=O)c1ccco1)C1CCCCNC1=O. The summed E-state index contributed by atoms with van der Waals surface area (Å²) in [5.41, 5.74) is 2.08. The van der Waals surface area contributed by atoms with E-state index in [0.717, 1.165) is 24.0 Å². The van der Waals surface area contributed by atoms with Crippen molar-refractivity contribution < 1.29 is 14.0 Å². The minimum absolute atomic E-state index is 0.0880. The predicted molar refractivity (Wildman–Crippen MR) is 100 cm³/mol.